The average Bonchev–Trinajstić information content (AvgIpc) is 2.55. The molecular weight excluding hydrogens is 292 g/mol. The third kappa shape index (κ3) is 4.57. The van der Waals surface area contributed by atoms with E-state index < -0.39 is 5.91 Å². The molecule has 3 N–H and O–H groups in total. The summed E-state index contributed by atoms with van der Waals surface area (Å²) in [5, 5.41) is 2.75. The van der Waals surface area contributed by atoms with Gasteiger partial charge in [0.2, 0.25) is 5.91 Å². The quantitative estimate of drug-likeness (QED) is 0.859. The van der Waals surface area contributed by atoms with Gasteiger partial charge in [-0.1, -0.05) is 19.1 Å². The van der Waals surface area contributed by atoms with E-state index in [0.29, 0.717) is 22.6 Å². The standard InChI is InChI=1S/C18H20N2O3/c1-3-12(2)23-16-9-5-7-14(11-16)18(22)20-15-8-4-6-13(10-15)17(19)21/h4-12H,3H2,1-2H3,(H2,19,21)(H,20,22)/t12-/m1/s1. The van der Waals surface area contributed by atoms with Crippen molar-refractivity contribution in [2.75, 3.05) is 5.32 Å². The van der Waals surface area contributed by atoms with Crippen LogP contribution in [0.2, 0.25) is 0 Å². The highest BCUT2D eigenvalue weighted by molar-refractivity contribution is 6.05. The van der Waals surface area contributed by atoms with Gasteiger partial charge < -0.3 is 15.8 Å². The van der Waals surface area contributed by atoms with Gasteiger partial charge in [0, 0.05) is 16.8 Å². The zero-order valence-corrected chi connectivity index (χ0v) is 13.2. The lowest BCUT2D eigenvalue weighted by atomic mass is 10.1. The average molecular weight is 312 g/mol. The largest absolute Gasteiger partial charge is 0.491 e. The number of anilines is 1. The molecule has 0 saturated heterocycles. The van der Waals surface area contributed by atoms with E-state index >= 15 is 0 Å². The van der Waals surface area contributed by atoms with Crippen LogP contribution in [0.3, 0.4) is 0 Å². The fraction of sp³-hybridized carbons (Fsp3) is 0.222. The summed E-state index contributed by atoms with van der Waals surface area (Å²) in [6, 6.07) is 13.5. The summed E-state index contributed by atoms with van der Waals surface area (Å²) >= 11 is 0. The molecule has 2 amide bonds. The Bertz CT molecular complexity index is 713. The van der Waals surface area contributed by atoms with Gasteiger partial charge in [-0.2, -0.15) is 0 Å². The highest BCUT2D eigenvalue weighted by atomic mass is 16.5. The van der Waals surface area contributed by atoms with Crippen LogP contribution in [0.15, 0.2) is 48.5 Å². The summed E-state index contributed by atoms with van der Waals surface area (Å²) in [6.45, 7) is 4.01. The Kier molecular flexibility index (Phi) is 5.36. The number of rotatable bonds is 6. The molecule has 5 heteroatoms. The molecule has 0 fully saturated rings. The van der Waals surface area contributed by atoms with Crippen molar-refractivity contribution < 1.29 is 14.3 Å². The fourth-order valence-electron chi connectivity index (χ4n) is 1.98. The maximum absolute atomic E-state index is 12.3. The van der Waals surface area contributed by atoms with Crippen LogP contribution in [-0.2, 0) is 0 Å². The van der Waals surface area contributed by atoms with Gasteiger partial charge in [-0.3, -0.25) is 9.59 Å². The molecule has 1 atom stereocenters. The molecule has 5 nitrogen and oxygen atoms in total. The van der Waals surface area contributed by atoms with Gasteiger partial charge in [-0.05, 0) is 49.7 Å². The number of nitrogens with two attached hydrogens (primary N) is 1. The molecule has 2 aromatic carbocycles. The molecule has 2 aromatic rings. The second-order valence-electron chi connectivity index (χ2n) is 5.26. The molecule has 0 aliphatic carbocycles. The lowest BCUT2D eigenvalue weighted by molar-refractivity contribution is 0.0996. The zero-order valence-electron chi connectivity index (χ0n) is 13.2. The van der Waals surface area contributed by atoms with Crippen molar-refractivity contribution in [2.24, 2.45) is 5.73 Å². The number of amides is 2. The first-order valence-corrected chi connectivity index (χ1v) is 7.47. The van der Waals surface area contributed by atoms with Gasteiger partial charge in [0.1, 0.15) is 5.75 Å². The summed E-state index contributed by atoms with van der Waals surface area (Å²) in [4.78, 5) is 23.5. The maximum Gasteiger partial charge on any atom is 0.255 e. The Balaban J connectivity index is 2.13. The predicted molar refractivity (Wildman–Crippen MR) is 89.7 cm³/mol. The van der Waals surface area contributed by atoms with Gasteiger partial charge >= 0.3 is 0 Å². The summed E-state index contributed by atoms with van der Waals surface area (Å²) in [5.41, 5.74) is 6.58. The molecule has 0 radical (unpaired) electrons. The monoisotopic (exact) mass is 312 g/mol. The highest BCUT2D eigenvalue weighted by Crippen LogP contribution is 2.18. The van der Waals surface area contributed by atoms with E-state index in [4.69, 9.17) is 10.5 Å². The maximum atomic E-state index is 12.3. The number of ether oxygens (including phenoxy) is 1. The predicted octanol–water partition coefficient (Wildman–Crippen LogP) is 3.22. The summed E-state index contributed by atoms with van der Waals surface area (Å²) in [6.07, 6.45) is 0.969. The van der Waals surface area contributed by atoms with Crippen molar-refractivity contribution in [2.45, 2.75) is 26.4 Å². The van der Waals surface area contributed by atoms with Gasteiger partial charge in [0.05, 0.1) is 6.10 Å². The van der Waals surface area contributed by atoms with Crippen molar-refractivity contribution >= 4 is 17.5 Å². The van der Waals surface area contributed by atoms with E-state index in [2.05, 4.69) is 5.32 Å². The molecule has 23 heavy (non-hydrogen) atoms. The van der Waals surface area contributed by atoms with E-state index in [9.17, 15) is 9.59 Å². The minimum absolute atomic E-state index is 0.0839. The Morgan fingerprint density at radius 2 is 1.83 bits per heavy atom. The fourth-order valence-corrected chi connectivity index (χ4v) is 1.98. The molecule has 0 spiro atoms. The smallest absolute Gasteiger partial charge is 0.255 e. The van der Waals surface area contributed by atoms with Gasteiger partial charge in [0.25, 0.3) is 5.91 Å². The number of hydrogen-bond acceptors (Lipinski definition) is 3. The Morgan fingerprint density at radius 3 is 2.52 bits per heavy atom. The van der Waals surface area contributed by atoms with Crippen molar-refractivity contribution in [3.63, 3.8) is 0 Å². The van der Waals surface area contributed by atoms with Crippen LogP contribution in [0.25, 0.3) is 0 Å². The Hall–Kier alpha value is -2.82. The number of carbonyl (C=O) groups excluding carboxylic acids is 2. The van der Waals surface area contributed by atoms with Crippen LogP contribution >= 0.6 is 0 Å². The van der Waals surface area contributed by atoms with Crippen molar-refractivity contribution in [3.05, 3.63) is 59.7 Å². The van der Waals surface area contributed by atoms with Crippen LogP contribution in [0.5, 0.6) is 5.75 Å². The van der Waals surface area contributed by atoms with Gasteiger partial charge in [0.15, 0.2) is 0 Å². The molecule has 0 heterocycles. The minimum atomic E-state index is -0.537. The highest BCUT2D eigenvalue weighted by Gasteiger charge is 2.10. The van der Waals surface area contributed by atoms with Gasteiger partial charge in [-0.15, -0.1) is 0 Å². The molecule has 0 saturated carbocycles. The number of nitrogens with one attached hydrogen (secondary N) is 1. The minimum Gasteiger partial charge on any atom is -0.491 e. The van der Waals surface area contributed by atoms with Gasteiger partial charge in [-0.25, -0.2) is 0 Å². The first-order chi connectivity index (χ1) is 11.0. The number of carbonyl (C=O) groups is 2. The molecule has 0 unspecified atom stereocenters. The van der Waals surface area contributed by atoms with Crippen LogP contribution < -0.4 is 15.8 Å². The first-order valence-electron chi connectivity index (χ1n) is 7.47. The number of primary amides is 1. The third-order valence-corrected chi connectivity index (χ3v) is 3.41. The summed E-state index contributed by atoms with van der Waals surface area (Å²) in [7, 11) is 0. The van der Waals surface area contributed by atoms with E-state index in [1.807, 2.05) is 19.9 Å². The second-order valence-corrected chi connectivity index (χ2v) is 5.26. The van der Waals surface area contributed by atoms with E-state index in [0.717, 1.165) is 6.42 Å². The lowest BCUT2D eigenvalue weighted by Crippen LogP contribution is -2.15. The molecule has 120 valence electrons. The molecule has 0 aromatic heterocycles. The van der Waals surface area contributed by atoms with Crippen molar-refractivity contribution in [1.29, 1.82) is 0 Å². The van der Waals surface area contributed by atoms with E-state index in [1.165, 1.54) is 0 Å². The van der Waals surface area contributed by atoms with Crippen molar-refractivity contribution in [3.8, 4) is 5.75 Å². The third-order valence-electron chi connectivity index (χ3n) is 3.41. The van der Waals surface area contributed by atoms with Crippen LogP contribution in [-0.4, -0.2) is 17.9 Å². The zero-order chi connectivity index (χ0) is 16.8. The number of hydrogen-bond donors (Lipinski definition) is 2. The van der Waals surface area contributed by atoms with E-state index in [1.54, 1.807) is 42.5 Å². The Morgan fingerprint density at radius 1 is 1.13 bits per heavy atom. The summed E-state index contributed by atoms with van der Waals surface area (Å²) in [5.74, 6) is -0.163. The number of benzene rings is 2. The lowest BCUT2D eigenvalue weighted by Gasteiger charge is -2.13. The summed E-state index contributed by atoms with van der Waals surface area (Å²) < 4.78 is 5.71. The van der Waals surface area contributed by atoms with Crippen molar-refractivity contribution in [1.82, 2.24) is 0 Å². The Labute approximate surface area is 135 Å². The molecule has 0 aliphatic rings. The topological polar surface area (TPSA) is 81.4 Å². The molecule has 0 bridgehead atoms. The molecule has 2 rings (SSSR count). The normalized spacial score (nSPS) is 11.6. The van der Waals surface area contributed by atoms with Crippen LogP contribution in [0.1, 0.15) is 41.0 Å². The molecule has 0 aliphatic heterocycles. The van der Waals surface area contributed by atoms with E-state index in [-0.39, 0.29) is 12.0 Å². The first kappa shape index (κ1) is 16.5. The molecular formula is C18H20N2O3. The second kappa shape index (κ2) is 7.45. The van der Waals surface area contributed by atoms with Crippen LogP contribution in [0, 0.1) is 0 Å². The SMILES string of the molecule is CC[C@@H](C)Oc1cccc(C(=O)Nc2cccc(C(N)=O)c2)c1. The van der Waals surface area contributed by atoms with Crippen LogP contribution in [0.4, 0.5) is 5.69 Å².